The molecular formula is C25H29N7O3. The molecule has 5 rings (SSSR count). The van der Waals surface area contributed by atoms with Gasteiger partial charge in [0.05, 0.1) is 36.9 Å². The molecule has 182 valence electrons. The summed E-state index contributed by atoms with van der Waals surface area (Å²) >= 11 is 0. The highest BCUT2D eigenvalue weighted by Gasteiger charge is 2.48. The van der Waals surface area contributed by atoms with Gasteiger partial charge in [0.1, 0.15) is 17.5 Å². The van der Waals surface area contributed by atoms with Crippen LogP contribution in [0.1, 0.15) is 39.5 Å². The quantitative estimate of drug-likeness (QED) is 0.460. The fourth-order valence-electron chi connectivity index (χ4n) is 4.86. The van der Waals surface area contributed by atoms with Gasteiger partial charge in [-0.15, -0.1) is 0 Å². The lowest BCUT2D eigenvalue weighted by Crippen LogP contribution is -2.64. The normalized spacial score (nSPS) is 17.1. The Hall–Kier alpha value is -3.74. The van der Waals surface area contributed by atoms with Crippen LogP contribution in [0.5, 0.6) is 0 Å². The number of fused-ring (bicyclic) bond motifs is 1. The first kappa shape index (κ1) is 23.0. The van der Waals surface area contributed by atoms with Gasteiger partial charge >= 0.3 is 5.97 Å². The second kappa shape index (κ2) is 8.48. The minimum absolute atomic E-state index is 0.169. The molecule has 0 unspecified atom stereocenters. The molecule has 0 atom stereocenters. The lowest BCUT2D eigenvalue weighted by atomic mass is 9.86. The van der Waals surface area contributed by atoms with Crippen molar-refractivity contribution >= 4 is 22.9 Å². The number of nitrogens with zero attached hydrogens (tertiary/aromatic N) is 7. The van der Waals surface area contributed by atoms with Gasteiger partial charge in [-0.3, -0.25) is 14.3 Å². The van der Waals surface area contributed by atoms with Crippen LogP contribution in [-0.2, 0) is 26.4 Å². The summed E-state index contributed by atoms with van der Waals surface area (Å²) in [6.45, 7) is 5.07. The third kappa shape index (κ3) is 4.16. The van der Waals surface area contributed by atoms with E-state index in [9.17, 15) is 14.9 Å². The zero-order chi connectivity index (χ0) is 24.8. The molecule has 0 radical (unpaired) electrons. The highest BCUT2D eigenvalue weighted by atomic mass is 16.5. The predicted molar refractivity (Wildman–Crippen MR) is 127 cm³/mol. The summed E-state index contributed by atoms with van der Waals surface area (Å²) in [5.41, 5.74) is 1.01. The molecule has 1 amide bonds. The summed E-state index contributed by atoms with van der Waals surface area (Å²) in [5.74, 6) is 0.417. The van der Waals surface area contributed by atoms with E-state index in [4.69, 9.17) is 4.74 Å². The van der Waals surface area contributed by atoms with Gasteiger partial charge in [0.25, 0.3) is 0 Å². The molecule has 1 saturated heterocycles. The number of methoxy groups -OCH3 is 1. The maximum absolute atomic E-state index is 12.5. The molecule has 35 heavy (non-hydrogen) atoms. The van der Waals surface area contributed by atoms with Crippen molar-refractivity contribution in [1.29, 1.82) is 5.26 Å². The van der Waals surface area contributed by atoms with E-state index in [1.165, 1.54) is 13.4 Å². The summed E-state index contributed by atoms with van der Waals surface area (Å²) in [6.07, 6.45) is 10.2. The molecular weight excluding hydrogens is 446 g/mol. The topological polar surface area (TPSA) is 119 Å². The Bertz CT molecular complexity index is 1320. The van der Waals surface area contributed by atoms with Crippen molar-refractivity contribution in [2.45, 2.75) is 51.6 Å². The summed E-state index contributed by atoms with van der Waals surface area (Å²) in [6, 6.07) is 4.21. The maximum Gasteiger partial charge on any atom is 0.313 e. The highest BCUT2D eigenvalue weighted by molar-refractivity contribution is 5.90. The van der Waals surface area contributed by atoms with E-state index in [0.29, 0.717) is 37.6 Å². The monoisotopic (exact) mass is 475 g/mol. The van der Waals surface area contributed by atoms with E-state index in [2.05, 4.69) is 21.1 Å². The lowest BCUT2D eigenvalue weighted by molar-refractivity contribution is -0.151. The van der Waals surface area contributed by atoms with E-state index in [-0.39, 0.29) is 18.3 Å². The number of esters is 1. The fourth-order valence-corrected chi connectivity index (χ4v) is 4.86. The van der Waals surface area contributed by atoms with Gasteiger partial charge in [-0.05, 0) is 38.7 Å². The van der Waals surface area contributed by atoms with Crippen molar-refractivity contribution in [1.82, 2.24) is 29.2 Å². The Morgan fingerprint density at radius 3 is 2.74 bits per heavy atom. The van der Waals surface area contributed by atoms with Gasteiger partial charge in [-0.25, -0.2) is 9.97 Å². The fraction of sp³-hybridized carbons (Fsp3) is 0.520. The van der Waals surface area contributed by atoms with Gasteiger partial charge in [-0.2, -0.15) is 10.4 Å². The van der Waals surface area contributed by atoms with Crippen molar-refractivity contribution < 1.29 is 14.3 Å². The smallest absolute Gasteiger partial charge is 0.313 e. The zero-order valence-electron chi connectivity index (χ0n) is 20.3. The summed E-state index contributed by atoms with van der Waals surface area (Å²) in [7, 11) is 1.39. The number of hydrogen-bond acceptors (Lipinski definition) is 7. The first-order valence-corrected chi connectivity index (χ1v) is 11.8. The summed E-state index contributed by atoms with van der Waals surface area (Å²) < 4.78 is 8.68. The van der Waals surface area contributed by atoms with E-state index >= 15 is 0 Å². The van der Waals surface area contributed by atoms with Gasteiger partial charge < -0.3 is 14.2 Å². The third-order valence-electron chi connectivity index (χ3n) is 7.09. The number of aromatic nitrogens is 5. The molecule has 2 fully saturated rings. The lowest BCUT2D eigenvalue weighted by Gasteiger charge is -2.49. The molecule has 0 N–H and O–H groups in total. The number of nitriles is 1. The maximum atomic E-state index is 12.5. The van der Waals surface area contributed by atoms with Crippen LogP contribution in [0, 0.1) is 22.7 Å². The molecule has 1 aliphatic heterocycles. The van der Waals surface area contributed by atoms with Crippen LogP contribution in [0.3, 0.4) is 0 Å². The minimum Gasteiger partial charge on any atom is -0.469 e. The Morgan fingerprint density at radius 1 is 1.29 bits per heavy atom. The summed E-state index contributed by atoms with van der Waals surface area (Å²) in [4.78, 5) is 35.5. The van der Waals surface area contributed by atoms with Gasteiger partial charge in [-0.1, -0.05) is 0 Å². The Labute approximate surface area is 203 Å². The van der Waals surface area contributed by atoms with Crippen LogP contribution < -0.4 is 0 Å². The molecule has 0 aromatic carbocycles. The van der Waals surface area contributed by atoms with Crippen molar-refractivity contribution in [2.24, 2.45) is 11.3 Å². The predicted octanol–water partition coefficient (Wildman–Crippen LogP) is 2.75. The first-order valence-electron chi connectivity index (χ1n) is 11.8. The van der Waals surface area contributed by atoms with Gasteiger partial charge in [0.2, 0.25) is 5.91 Å². The number of carbonyl (C=O) groups is 2. The Kier molecular flexibility index (Phi) is 5.58. The van der Waals surface area contributed by atoms with Crippen molar-refractivity contribution in [2.75, 3.05) is 20.2 Å². The average Bonchev–Trinajstić information content (AvgIpc) is 3.32. The largest absolute Gasteiger partial charge is 0.469 e. The van der Waals surface area contributed by atoms with Crippen molar-refractivity contribution in [3.8, 4) is 17.3 Å². The number of rotatable bonds is 8. The van der Waals surface area contributed by atoms with E-state index in [1.54, 1.807) is 6.20 Å². The Morgan fingerprint density at radius 2 is 2.06 bits per heavy atom. The number of carbonyl (C=O) groups excluding carboxylic acids is 2. The molecule has 1 aliphatic carbocycles. The standard InChI is InChI=1S/C25H29N7O3/c1-24(2,23(34)35-3)13-30-9-6-19-21(27-16-28-22(19)30)18-11-29-32(12-18)25(7-8-26)14-31(15-25)20(33)10-17-4-5-17/h6,9,11-12,16-17H,4-5,7,10,13-15H2,1-3H3. The molecule has 10 heteroatoms. The van der Waals surface area contributed by atoms with Crippen LogP contribution >= 0.6 is 0 Å². The van der Waals surface area contributed by atoms with Crippen molar-refractivity contribution in [3.63, 3.8) is 0 Å². The van der Waals surface area contributed by atoms with Crippen LogP contribution in [0.25, 0.3) is 22.3 Å². The van der Waals surface area contributed by atoms with Gasteiger partial charge in [0.15, 0.2) is 0 Å². The van der Waals surface area contributed by atoms with Crippen LogP contribution in [0.15, 0.2) is 31.0 Å². The second-order valence-electron chi connectivity index (χ2n) is 10.4. The molecule has 10 nitrogen and oxygen atoms in total. The highest BCUT2D eigenvalue weighted by Crippen LogP contribution is 2.38. The number of hydrogen-bond donors (Lipinski definition) is 0. The molecule has 1 saturated carbocycles. The van der Waals surface area contributed by atoms with Crippen LogP contribution in [0.4, 0.5) is 0 Å². The molecule has 0 spiro atoms. The van der Waals surface area contributed by atoms with Crippen LogP contribution in [-0.4, -0.2) is 61.3 Å². The molecule has 4 heterocycles. The molecule has 3 aromatic heterocycles. The van der Waals surface area contributed by atoms with E-state index in [1.807, 2.05) is 46.5 Å². The SMILES string of the molecule is COC(=O)C(C)(C)Cn1ccc2c(-c3cnn(C4(CC#N)CN(C(=O)CC5CC5)C4)c3)ncnc21. The molecule has 3 aromatic rings. The number of ether oxygens (including phenoxy) is 1. The van der Waals surface area contributed by atoms with Gasteiger partial charge in [0, 0.05) is 49.4 Å². The van der Waals surface area contributed by atoms with Crippen molar-refractivity contribution in [3.05, 3.63) is 31.0 Å². The number of likely N-dealkylation sites (tertiary alicyclic amines) is 1. The molecule has 0 bridgehead atoms. The third-order valence-corrected chi connectivity index (χ3v) is 7.09. The summed E-state index contributed by atoms with van der Waals surface area (Å²) in [5, 5.41) is 14.9. The minimum atomic E-state index is -0.715. The Balaban J connectivity index is 1.40. The first-order chi connectivity index (χ1) is 16.8. The van der Waals surface area contributed by atoms with E-state index in [0.717, 1.165) is 29.5 Å². The average molecular weight is 476 g/mol. The zero-order valence-corrected chi connectivity index (χ0v) is 20.3. The molecule has 2 aliphatic rings. The van der Waals surface area contributed by atoms with E-state index < -0.39 is 11.0 Å². The number of amides is 1. The second-order valence-corrected chi connectivity index (χ2v) is 10.4. The van der Waals surface area contributed by atoms with Crippen LogP contribution in [0.2, 0.25) is 0 Å².